The predicted molar refractivity (Wildman–Crippen MR) is 136 cm³/mol. The van der Waals surface area contributed by atoms with Crippen LogP contribution in [-0.4, -0.2) is 126 Å². The lowest BCUT2D eigenvalue weighted by molar-refractivity contribution is -0.357. The van der Waals surface area contributed by atoms with Gasteiger partial charge < -0.3 is 69.6 Å². The lowest BCUT2D eigenvalue weighted by Gasteiger charge is -2.46. The fourth-order valence-corrected chi connectivity index (χ4v) is 5.13. The van der Waals surface area contributed by atoms with Crippen molar-refractivity contribution >= 4 is 5.78 Å². The average Bonchev–Trinajstić information content (AvgIpc) is 2.96. The number of phenolic OH excluding ortho intramolecular Hbond substituents is 2. The second kappa shape index (κ2) is 12.3. The minimum Gasteiger partial charge on any atom is -0.508 e. The number of fused-ring (bicyclic) bond motifs is 1. The smallest absolute Gasteiger partial charge is 0.229 e. The molecule has 2 saturated heterocycles. The zero-order valence-electron chi connectivity index (χ0n) is 21.9. The molecule has 3 aliphatic rings. The Morgan fingerprint density at radius 3 is 2.02 bits per heavy atom. The van der Waals surface area contributed by atoms with E-state index in [-0.39, 0.29) is 35.0 Å². The van der Waals surface area contributed by atoms with E-state index in [1.165, 1.54) is 18.2 Å². The summed E-state index contributed by atoms with van der Waals surface area (Å²) in [5.74, 6) is -1.10. The molecule has 2 fully saturated rings. The molecule has 11 atom stereocenters. The Balaban J connectivity index is 1.44. The number of aliphatic hydroxyl groups excluding tert-OH is 7. The zero-order chi connectivity index (χ0) is 30.3. The minimum atomic E-state index is -1.87. The first-order valence-electron chi connectivity index (χ1n) is 13.1. The zero-order valence-corrected chi connectivity index (χ0v) is 21.9. The summed E-state index contributed by atoms with van der Waals surface area (Å²) in [6.07, 6.45) is -17.7. The van der Waals surface area contributed by atoms with Crippen LogP contribution in [0, 0.1) is 0 Å². The highest BCUT2D eigenvalue weighted by molar-refractivity contribution is 6.02. The first-order valence-corrected chi connectivity index (χ1v) is 13.1. The van der Waals surface area contributed by atoms with Crippen LogP contribution < -0.4 is 9.47 Å². The molecule has 5 rings (SSSR count). The number of aromatic hydroxyl groups is 2. The monoisotopic (exact) mass is 596 g/mol. The van der Waals surface area contributed by atoms with Crippen LogP contribution in [0.5, 0.6) is 23.0 Å². The number of aliphatic hydroxyl groups is 7. The van der Waals surface area contributed by atoms with E-state index in [1.807, 2.05) is 0 Å². The van der Waals surface area contributed by atoms with Gasteiger partial charge in [-0.15, -0.1) is 0 Å². The Morgan fingerprint density at radius 1 is 0.762 bits per heavy atom. The standard InChI is InChI=1S/C27H32O15/c28-8-17-20(33)22(35)24(37)26(40-17)42-25-23(36)21(34)18(9-29)41-27(25)39-16-6-12(31)5-15-19(16)13(32)7-14(38-15)10-1-3-11(30)4-2-10/h1-6,14,17-18,20-31,33-37H,7-9H2/t14-,17-,18-,20-,21-,22+,23+,24-,25-,26+,27-/m1/s1. The van der Waals surface area contributed by atoms with Crippen molar-refractivity contribution < 1.29 is 74.4 Å². The van der Waals surface area contributed by atoms with E-state index in [2.05, 4.69) is 0 Å². The van der Waals surface area contributed by atoms with Gasteiger partial charge in [-0.1, -0.05) is 12.1 Å². The van der Waals surface area contributed by atoms with Gasteiger partial charge in [0.25, 0.3) is 0 Å². The highest BCUT2D eigenvalue weighted by atomic mass is 16.8. The van der Waals surface area contributed by atoms with E-state index in [0.29, 0.717) is 5.56 Å². The van der Waals surface area contributed by atoms with Gasteiger partial charge in [-0.3, -0.25) is 4.79 Å². The van der Waals surface area contributed by atoms with Crippen molar-refractivity contribution in [1.29, 1.82) is 0 Å². The van der Waals surface area contributed by atoms with E-state index in [0.717, 1.165) is 6.07 Å². The maximum atomic E-state index is 13.3. The van der Waals surface area contributed by atoms with Gasteiger partial charge >= 0.3 is 0 Å². The van der Waals surface area contributed by atoms with Crippen molar-refractivity contribution in [3.05, 3.63) is 47.5 Å². The van der Waals surface area contributed by atoms with E-state index >= 15 is 0 Å². The Hall–Kier alpha value is -3.09. The van der Waals surface area contributed by atoms with E-state index < -0.39 is 86.5 Å². The number of Topliss-reactive ketones (excluding diaryl/α,β-unsaturated/α-hetero) is 1. The molecule has 2 aromatic rings. The molecule has 15 heteroatoms. The second-order valence-corrected chi connectivity index (χ2v) is 10.3. The van der Waals surface area contributed by atoms with Crippen molar-refractivity contribution in [1.82, 2.24) is 0 Å². The summed E-state index contributed by atoms with van der Waals surface area (Å²) in [4.78, 5) is 13.3. The van der Waals surface area contributed by atoms with E-state index in [9.17, 15) is 50.8 Å². The van der Waals surface area contributed by atoms with Crippen molar-refractivity contribution in [3.8, 4) is 23.0 Å². The third kappa shape index (κ3) is 5.76. The van der Waals surface area contributed by atoms with Gasteiger partial charge in [-0.05, 0) is 17.7 Å². The summed E-state index contributed by atoms with van der Waals surface area (Å²) in [7, 11) is 0. The molecule has 0 aliphatic carbocycles. The Kier molecular flexibility index (Phi) is 8.86. The molecule has 15 nitrogen and oxygen atoms in total. The largest absolute Gasteiger partial charge is 0.508 e. The lowest BCUT2D eigenvalue weighted by Crippen LogP contribution is -2.65. The Morgan fingerprint density at radius 2 is 1.38 bits per heavy atom. The average molecular weight is 597 g/mol. The minimum absolute atomic E-state index is 0.0241. The molecular formula is C27H32O15. The van der Waals surface area contributed by atoms with Gasteiger partial charge in [0.05, 0.1) is 19.6 Å². The first kappa shape index (κ1) is 30.4. The molecule has 42 heavy (non-hydrogen) atoms. The van der Waals surface area contributed by atoms with Gasteiger partial charge in [-0.2, -0.15) is 0 Å². The number of ketones is 1. The number of hydrogen-bond acceptors (Lipinski definition) is 15. The molecule has 3 aliphatic heterocycles. The number of hydrogen-bond donors (Lipinski definition) is 9. The normalized spacial score (nSPS) is 36.6. The highest BCUT2D eigenvalue weighted by Crippen LogP contribution is 2.43. The molecule has 2 aromatic carbocycles. The topological polar surface area (TPSA) is 245 Å². The van der Waals surface area contributed by atoms with Crippen molar-refractivity contribution in [2.45, 2.75) is 73.9 Å². The summed E-state index contributed by atoms with van der Waals surface area (Å²) in [5.41, 5.74) is 0.503. The Bertz CT molecular complexity index is 1250. The first-order chi connectivity index (χ1) is 20.0. The van der Waals surface area contributed by atoms with Crippen LogP contribution in [0.3, 0.4) is 0 Å². The lowest BCUT2D eigenvalue weighted by atomic mass is 9.95. The van der Waals surface area contributed by atoms with Crippen LogP contribution in [0.1, 0.15) is 28.4 Å². The molecule has 0 spiro atoms. The molecule has 230 valence electrons. The molecule has 0 amide bonds. The fourth-order valence-electron chi connectivity index (χ4n) is 5.13. The number of rotatable bonds is 7. The van der Waals surface area contributed by atoms with E-state index in [4.69, 9.17) is 23.7 Å². The van der Waals surface area contributed by atoms with E-state index in [1.54, 1.807) is 12.1 Å². The van der Waals surface area contributed by atoms with Gasteiger partial charge in [0, 0.05) is 12.1 Å². The Labute approximate surface area is 238 Å². The van der Waals surface area contributed by atoms with Crippen molar-refractivity contribution in [2.75, 3.05) is 13.2 Å². The van der Waals surface area contributed by atoms with Gasteiger partial charge in [0.2, 0.25) is 6.29 Å². The molecule has 3 heterocycles. The van der Waals surface area contributed by atoms with Crippen LogP contribution in [0.15, 0.2) is 36.4 Å². The highest BCUT2D eigenvalue weighted by Gasteiger charge is 2.51. The third-order valence-corrected chi connectivity index (χ3v) is 7.44. The van der Waals surface area contributed by atoms with Crippen LogP contribution in [-0.2, 0) is 14.2 Å². The maximum Gasteiger partial charge on any atom is 0.229 e. The van der Waals surface area contributed by atoms with Gasteiger partial charge in [-0.25, -0.2) is 0 Å². The summed E-state index contributed by atoms with van der Waals surface area (Å²) in [5, 5.41) is 91.1. The fraction of sp³-hybridized carbons (Fsp3) is 0.519. The number of ether oxygens (including phenoxy) is 5. The van der Waals surface area contributed by atoms with Crippen LogP contribution >= 0.6 is 0 Å². The van der Waals surface area contributed by atoms with Gasteiger partial charge in [0.1, 0.15) is 77.4 Å². The second-order valence-electron chi connectivity index (χ2n) is 10.3. The molecule has 0 saturated carbocycles. The summed E-state index contributed by atoms with van der Waals surface area (Å²) >= 11 is 0. The molecule has 0 unspecified atom stereocenters. The molecule has 9 N–H and O–H groups in total. The summed E-state index contributed by atoms with van der Waals surface area (Å²) in [6.45, 7) is -1.52. The predicted octanol–water partition coefficient (Wildman–Crippen LogP) is -2.19. The maximum absolute atomic E-state index is 13.3. The third-order valence-electron chi connectivity index (χ3n) is 7.44. The molecular weight excluding hydrogens is 564 g/mol. The quantitative estimate of drug-likeness (QED) is 0.165. The van der Waals surface area contributed by atoms with Crippen LogP contribution in [0.2, 0.25) is 0 Å². The van der Waals surface area contributed by atoms with Gasteiger partial charge in [0.15, 0.2) is 18.2 Å². The van der Waals surface area contributed by atoms with Crippen molar-refractivity contribution in [2.24, 2.45) is 0 Å². The number of benzene rings is 2. The molecule has 0 bridgehead atoms. The number of phenols is 2. The number of carbonyl (C=O) groups is 1. The molecule has 0 aromatic heterocycles. The van der Waals surface area contributed by atoms with Crippen molar-refractivity contribution in [3.63, 3.8) is 0 Å². The number of carbonyl (C=O) groups excluding carboxylic acids is 1. The summed E-state index contributed by atoms with van der Waals surface area (Å²) < 4.78 is 28.4. The summed E-state index contributed by atoms with van der Waals surface area (Å²) in [6, 6.07) is 8.31. The van der Waals surface area contributed by atoms with Crippen LogP contribution in [0.4, 0.5) is 0 Å². The van der Waals surface area contributed by atoms with Crippen LogP contribution in [0.25, 0.3) is 0 Å². The molecule has 0 radical (unpaired) electrons. The SMILES string of the molecule is O=C1C[C@H](c2ccc(O)cc2)Oc2cc(O)cc(O[C@@H]3O[C@H](CO)[C@@H](O)[C@H](O)[C@H]3O[C@@H]3O[C@H](CO)[C@@H](O)[C@H](O)[C@H]3O)c21.